The monoisotopic (exact) mass is 246 g/mol. The molecule has 0 saturated carbocycles. The first-order valence-corrected chi connectivity index (χ1v) is 4.87. The maximum atomic E-state index is 10.3. The maximum Gasteiger partial charge on any atom is 0.303 e. The standard InChI is InChI=1S/C8H11BrN2O2/c1-2-6-10-5(8(9)11-6)3-4-7(12)13/h2-4H2,1H3,(H,10,11)(H,12,13). The van der Waals surface area contributed by atoms with Gasteiger partial charge in [0, 0.05) is 18.5 Å². The molecule has 0 unspecified atom stereocenters. The summed E-state index contributed by atoms with van der Waals surface area (Å²) in [7, 11) is 0. The van der Waals surface area contributed by atoms with Crippen LogP contribution in [0.3, 0.4) is 0 Å². The predicted molar refractivity (Wildman–Crippen MR) is 51.6 cm³/mol. The molecule has 2 N–H and O–H groups in total. The van der Waals surface area contributed by atoms with Gasteiger partial charge in [-0.1, -0.05) is 6.92 Å². The Balaban J connectivity index is 2.65. The highest BCUT2D eigenvalue weighted by molar-refractivity contribution is 9.10. The number of imidazole rings is 1. The Morgan fingerprint density at radius 1 is 1.69 bits per heavy atom. The third-order valence-corrected chi connectivity index (χ3v) is 2.36. The van der Waals surface area contributed by atoms with Gasteiger partial charge in [0.25, 0.3) is 0 Å². The van der Waals surface area contributed by atoms with Crippen molar-refractivity contribution in [2.75, 3.05) is 0 Å². The van der Waals surface area contributed by atoms with E-state index in [0.717, 1.165) is 22.5 Å². The van der Waals surface area contributed by atoms with E-state index in [2.05, 4.69) is 25.9 Å². The number of H-pyrrole nitrogens is 1. The number of aryl methyl sites for hydroxylation is 2. The summed E-state index contributed by atoms with van der Waals surface area (Å²) in [4.78, 5) is 17.6. The second-order valence-corrected chi connectivity index (χ2v) is 3.45. The van der Waals surface area contributed by atoms with Crippen molar-refractivity contribution in [1.29, 1.82) is 0 Å². The molecule has 1 heterocycles. The van der Waals surface area contributed by atoms with E-state index in [-0.39, 0.29) is 6.42 Å². The minimum atomic E-state index is -0.792. The predicted octanol–water partition coefficient (Wildman–Crippen LogP) is 1.75. The number of rotatable bonds is 4. The van der Waals surface area contributed by atoms with E-state index in [1.165, 1.54) is 0 Å². The van der Waals surface area contributed by atoms with Gasteiger partial charge in [0.1, 0.15) is 10.4 Å². The van der Waals surface area contributed by atoms with Crippen LogP contribution in [0.5, 0.6) is 0 Å². The molecule has 0 radical (unpaired) electrons. The SMILES string of the molecule is CCc1nc(Br)c(CCC(=O)O)[nH]1. The van der Waals surface area contributed by atoms with E-state index < -0.39 is 5.97 Å². The molecule has 1 aromatic rings. The molecule has 0 saturated heterocycles. The average Bonchev–Trinajstić information content (AvgIpc) is 2.43. The normalized spacial score (nSPS) is 10.3. The van der Waals surface area contributed by atoms with Crippen LogP contribution in [0.4, 0.5) is 0 Å². The number of hydrogen-bond donors (Lipinski definition) is 2. The molecular weight excluding hydrogens is 236 g/mol. The van der Waals surface area contributed by atoms with Crippen LogP contribution < -0.4 is 0 Å². The molecule has 72 valence electrons. The van der Waals surface area contributed by atoms with Crippen molar-refractivity contribution in [2.45, 2.75) is 26.2 Å². The summed E-state index contributed by atoms with van der Waals surface area (Å²) in [6.07, 6.45) is 1.44. The number of nitrogens with zero attached hydrogens (tertiary/aromatic N) is 1. The minimum Gasteiger partial charge on any atom is -0.481 e. The number of aliphatic carboxylic acids is 1. The number of aromatic nitrogens is 2. The first kappa shape index (κ1) is 10.2. The van der Waals surface area contributed by atoms with Gasteiger partial charge in [0.15, 0.2) is 0 Å². The Morgan fingerprint density at radius 2 is 2.38 bits per heavy atom. The van der Waals surface area contributed by atoms with Crippen molar-refractivity contribution < 1.29 is 9.90 Å². The van der Waals surface area contributed by atoms with Crippen molar-refractivity contribution in [3.63, 3.8) is 0 Å². The first-order chi connectivity index (χ1) is 6.13. The summed E-state index contributed by atoms with van der Waals surface area (Å²) in [5.74, 6) is 0.0896. The van der Waals surface area contributed by atoms with Gasteiger partial charge in [-0.15, -0.1) is 0 Å². The van der Waals surface area contributed by atoms with Gasteiger partial charge < -0.3 is 10.1 Å². The molecule has 5 heteroatoms. The number of carbonyl (C=O) groups is 1. The molecular formula is C8H11BrN2O2. The molecule has 0 aromatic carbocycles. The molecule has 0 fully saturated rings. The highest BCUT2D eigenvalue weighted by Gasteiger charge is 2.07. The number of aromatic amines is 1. The molecule has 0 aliphatic rings. The van der Waals surface area contributed by atoms with E-state index >= 15 is 0 Å². The molecule has 0 atom stereocenters. The van der Waals surface area contributed by atoms with Gasteiger partial charge in [-0.25, -0.2) is 4.98 Å². The molecule has 0 amide bonds. The second-order valence-electron chi connectivity index (χ2n) is 2.70. The summed E-state index contributed by atoms with van der Waals surface area (Å²) in [5.41, 5.74) is 0.860. The van der Waals surface area contributed by atoms with E-state index in [4.69, 9.17) is 5.11 Å². The first-order valence-electron chi connectivity index (χ1n) is 4.08. The third kappa shape index (κ3) is 2.84. The largest absolute Gasteiger partial charge is 0.481 e. The van der Waals surface area contributed by atoms with Crippen LogP contribution >= 0.6 is 15.9 Å². The minimum absolute atomic E-state index is 0.129. The van der Waals surface area contributed by atoms with Crippen LogP contribution in [-0.4, -0.2) is 21.0 Å². The lowest BCUT2D eigenvalue weighted by atomic mass is 10.2. The molecule has 1 aromatic heterocycles. The summed E-state index contributed by atoms with van der Waals surface area (Å²) < 4.78 is 0.727. The zero-order chi connectivity index (χ0) is 9.84. The fourth-order valence-corrected chi connectivity index (χ4v) is 1.52. The van der Waals surface area contributed by atoms with Gasteiger partial charge in [-0.2, -0.15) is 0 Å². The van der Waals surface area contributed by atoms with E-state index in [0.29, 0.717) is 6.42 Å². The number of halogens is 1. The fourth-order valence-electron chi connectivity index (χ4n) is 1.00. The van der Waals surface area contributed by atoms with Crippen molar-refractivity contribution in [3.05, 3.63) is 16.1 Å². The van der Waals surface area contributed by atoms with Gasteiger partial charge in [0.2, 0.25) is 0 Å². The molecule has 0 aliphatic heterocycles. The summed E-state index contributed by atoms with van der Waals surface area (Å²) >= 11 is 3.27. The van der Waals surface area contributed by atoms with Crippen molar-refractivity contribution in [3.8, 4) is 0 Å². The van der Waals surface area contributed by atoms with Gasteiger partial charge in [-0.3, -0.25) is 4.79 Å². The number of carboxylic acid groups (broad SMARTS) is 1. The summed E-state index contributed by atoms with van der Waals surface area (Å²) in [6.45, 7) is 1.99. The lowest BCUT2D eigenvalue weighted by Crippen LogP contribution is -1.98. The second kappa shape index (κ2) is 4.41. The summed E-state index contributed by atoms with van der Waals surface area (Å²) in [5, 5.41) is 8.48. The molecule has 13 heavy (non-hydrogen) atoms. The quantitative estimate of drug-likeness (QED) is 0.851. The van der Waals surface area contributed by atoms with E-state index in [9.17, 15) is 4.79 Å². The highest BCUT2D eigenvalue weighted by Crippen LogP contribution is 2.15. The zero-order valence-corrected chi connectivity index (χ0v) is 8.89. The maximum absolute atomic E-state index is 10.3. The van der Waals surface area contributed by atoms with Crippen molar-refractivity contribution in [2.24, 2.45) is 0 Å². The van der Waals surface area contributed by atoms with Crippen LogP contribution in [0.1, 0.15) is 24.9 Å². The van der Waals surface area contributed by atoms with Gasteiger partial charge >= 0.3 is 5.97 Å². The molecule has 0 spiro atoms. The average molecular weight is 247 g/mol. The Hall–Kier alpha value is -0.840. The third-order valence-electron chi connectivity index (χ3n) is 1.70. The van der Waals surface area contributed by atoms with Gasteiger partial charge in [0.05, 0.1) is 6.42 Å². The molecule has 0 bridgehead atoms. The number of nitrogens with one attached hydrogen (secondary N) is 1. The topological polar surface area (TPSA) is 66.0 Å². The van der Waals surface area contributed by atoms with Crippen LogP contribution in [-0.2, 0) is 17.6 Å². The van der Waals surface area contributed by atoms with Crippen molar-refractivity contribution >= 4 is 21.9 Å². The smallest absolute Gasteiger partial charge is 0.303 e. The Bertz CT molecular complexity index is 309. The molecule has 4 nitrogen and oxygen atoms in total. The van der Waals surface area contributed by atoms with Crippen molar-refractivity contribution in [1.82, 2.24) is 9.97 Å². The van der Waals surface area contributed by atoms with Crippen LogP contribution in [0.2, 0.25) is 0 Å². The lowest BCUT2D eigenvalue weighted by molar-refractivity contribution is -0.136. The lowest BCUT2D eigenvalue weighted by Gasteiger charge is -1.93. The fraction of sp³-hybridized carbons (Fsp3) is 0.500. The van der Waals surface area contributed by atoms with E-state index in [1.54, 1.807) is 0 Å². The molecule has 1 rings (SSSR count). The highest BCUT2D eigenvalue weighted by atomic mass is 79.9. The van der Waals surface area contributed by atoms with E-state index in [1.807, 2.05) is 6.92 Å². The molecule has 0 aliphatic carbocycles. The number of hydrogen-bond acceptors (Lipinski definition) is 2. The van der Waals surface area contributed by atoms with Crippen LogP contribution in [0.25, 0.3) is 0 Å². The zero-order valence-electron chi connectivity index (χ0n) is 7.30. The number of carboxylic acids is 1. The van der Waals surface area contributed by atoms with Crippen LogP contribution in [0.15, 0.2) is 4.60 Å². The Morgan fingerprint density at radius 3 is 2.85 bits per heavy atom. The Kier molecular flexibility index (Phi) is 3.48. The Labute approximate surface area is 84.5 Å². The van der Waals surface area contributed by atoms with Crippen LogP contribution in [0, 0.1) is 0 Å². The summed E-state index contributed by atoms with van der Waals surface area (Å²) in [6, 6.07) is 0. The van der Waals surface area contributed by atoms with Gasteiger partial charge in [-0.05, 0) is 15.9 Å².